The van der Waals surface area contributed by atoms with Crippen molar-refractivity contribution in [3.63, 3.8) is 0 Å². The van der Waals surface area contributed by atoms with Crippen LogP contribution in [-0.4, -0.2) is 55.6 Å². The van der Waals surface area contributed by atoms with Gasteiger partial charge >= 0.3 is 0 Å². The van der Waals surface area contributed by atoms with E-state index in [1.165, 1.54) is 15.6 Å². The summed E-state index contributed by atoms with van der Waals surface area (Å²) in [5, 5.41) is 4.65. The van der Waals surface area contributed by atoms with E-state index in [4.69, 9.17) is 0 Å². The molecule has 1 atom stereocenters. The van der Waals surface area contributed by atoms with Crippen LogP contribution in [-0.2, 0) is 14.8 Å². The van der Waals surface area contributed by atoms with Gasteiger partial charge in [0.15, 0.2) is 0 Å². The third-order valence-corrected chi connectivity index (χ3v) is 9.39. The summed E-state index contributed by atoms with van der Waals surface area (Å²) < 4.78 is 27.5. The highest BCUT2D eigenvalue weighted by Gasteiger charge is 2.34. The Hall–Kier alpha value is -2.23. The minimum atomic E-state index is -3.59. The Bertz CT molecular complexity index is 1040. The highest BCUT2D eigenvalue weighted by molar-refractivity contribution is 7.91. The molecule has 1 N–H and O–H groups in total. The summed E-state index contributed by atoms with van der Waals surface area (Å²) in [5.41, 5.74) is 0.978. The van der Waals surface area contributed by atoms with Gasteiger partial charge in [0, 0.05) is 26.2 Å². The molecule has 2 saturated heterocycles. The average Bonchev–Trinajstić information content (AvgIpc) is 3.23. The van der Waals surface area contributed by atoms with Crippen molar-refractivity contribution < 1.29 is 18.0 Å². The van der Waals surface area contributed by atoms with E-state index in [-0.39, 0.29) is 18.4 Å². The molecule has 0 saturated carbocycles. The molecular weight excluding hydrogens is 446 g/mol. The molecule has 32 heavy (non-hydrogen) atoms. The van der Waals surface area contributed by atoms with Crippen molar-refractivity contribution in [2.45, 2.75) is 42.7 Å². The number of carbonyl (C=O) groups is 2. The smallest absolute Gasteiger partial charge is 0.255 e. The normalized spacial score (nSPS) is 20.5. The number of anilines is 1. The van der Waals surface area contributed by atoms with E-state index in [1.807, 2.05) is 4.90 Å². The van der Waals surface area contributed by atoms with Gasteiger partial charge in [0.1, 0.15) is 4.21 Å². The Labute approximate surface area is 193 Å². The first-order valence-electron chi connectivity index (χ1n) is 11.2. The number of amides is 2. The van der Waals surface area contributed by atoms with Gasteiger partial charge in [0.25, 0.3) is 15.9 Å². The summed E-state index contributed by atoms with van der Waals surface area (Å²) in [4.78, 5) is 28.1. The van der Waals surface area contributed by atoms with Gasteiger partial charge in [0.05, 0.1) is 17.2 Å². The molecule has 2 fully saturated rings. The van der Waals surface area contributed by atoms with Crippen LogP contribution in [0.15, 0.2) is 46.0 Å². The fourth-order valence-corrected chi connectivity index (χ4v) is 7.04. The van der Waals surface area contributed by atoms with Crippen LogP contribution in [0.4, 0.5) is 5.69 Å². The van der Waals surface area contributed by atoms with Gasteiger partial charge in [-0.3, -0.25) is 9.59 Å². The lowest BCUT2D eigenvalue weighted by atomic mass is 9.98. The number of likely N-dealkylation sites (tertiary alicyclic amines) is 1. The fraction of sp³-hybridized carbons (Fsp3) is 0.478. The number of hydrogen-bond donors (Lipinski definition) is 1. The maximum atomic E-state index is 13.1. The first-order chi connectivity index (χ1) is 15.5. The molecule has 1 aromatic heterocycles. The van der Waals surface area contributed by atoms with Crippen LogP contribution in [0.25, 0.3) is 0 Å². The Morgan fingerprint density at radius 3 is 2.41 bits per heavy atom. The second kappa shape index (κ2) is 10.1. The van der Waals surface area contributed by atoms with E-state index in [0.717, 1.165) is 38.8 Å². The summed E-state index contributed by atoms with van der Waals surface area (Å²) in [6.45, 7) is 2.03. The third kappa shape index (κ3) is 5.05. The van der Waals surface area contributed by atoms with E-state index in [0.29, 0.717) is 34.8 Å². The van der Waals surface area contributed by atoms with Crippen molar-refractivity contribution in [1.82, 2.24) is 9.21 Å². The topological polar surface area (TPSA) is 86.8 Å². The molecule has 172 valence electrons. The van der Waals surface area contributed by atoms with Crippen LogP contribution in [0, 0.1) is 5.92 Å². The molecule has 0 spiro atoms. The van der Waals surface area contributed by atoms with Crippen molar-refractivity contribution in [1.29, 1.82) is 0 Å². The molecule has 2 amide bonds. The quantitative estimate of drug-likeness (QED) is 0.713. The van der Waals surface area contributed by atoms with E-state index < -0.39 is 15.9 Å². The number of piperidine rings is 1. The first-order valence-corrected chi connectivity index (χ1v) is 13.5. The molecule has 4 rings (SSSR count). The zero-order valence-electron chi connectivity index (χ0n) is 18.0. The molecule has 3 heterocycles. The van der Waals surface area contributed by atoms with Crippen molar-refractivity contribution in [3.8, 4) is 0 Å². The van der Waals surface area contributed by atoms with Gasteiger partial charge in [-0.05, 0) is 49.3 Å². The first kappa shape index (κ1) is 22.9. The number of carbonyl (C=O) groups excluding carboxylic acids is 2. The molecule has 1 aromatic carbocycles. The van der Waals surface area contributed by atoms with Crippen LogP contribution >= 0.6 is 11.3 Å². The monoisotopic (exact) mass is 475 g/mol. The van der Waals surface area contributed by atoms with Crippen molar-refractivity contribution in [2.75, 3.05) is 31.5 Å². The number of hydrogen-bond acceptors (Lipinski definition) is 5. The van der Waals surface area contributed by atoms with Gasteiger partial charge in [-0.15, -0.1) is 11.3 Å². The molecule has 7 nitrogen and oxygen atoms in total. The summed E-state index contributed by atoms with van der Waals surface area (Å²) in [6, 6.07) is 10.4. The molecule has 2 aliphatic rings. The minimum Gasteiger partial charge on any atom is -0.339 e. The second-order valence-corrected chi connectivity index (χ2v) is 11.5. The van der Waals surface area contributed by atoms with Gasteiger partial charge in [-0.2, -0.15) is 4.31 Å². The third-order valence-electron chi connectivity index (χ3n) is 6.15. The van der Waals surface area contributed by atoms with E-state index in [2.05, 4.69) is 5.32 Å². The predicted octanol–water partition coefficient (Wildman–Crippen LogP) is 3.80. The standard InChI is InChI=1S/C23H29N3O4S2/c27-22(18-9-7-15-26(17-18)32(29,30)21-12-8-16-31-21)24-20-11-4-3-10-19(20)23(28)25-13-5-1-2-6-14-25/h3-4,8,10-12,16,18H,1-2,5-7,9,13-15,17H2,(H,24,27). The predicted molar refractivity (Wildman–Crippen MR) is 125 cm³/mol. The average molecular weight is 476 g/mol. The van der Waals surface area contributed by atoms with Crippen molar-refractivity contribution in [2.24, 2.45) is 5.92 Å². The SMILES string of the molecule is O=C(Nc1ccccc1C(=O)N1CCCCCC1)C1CCCN(S(=O)(=O)c2cccs2)C1. The van der Waals surface area contributed by atoms with Crippen LogP contribution in [0.5, 0.6) is 0 Å². The number of benzene rings is 1. The number of nitrogens with one attached hydrogen (secondary N) is 1. The number of rotatable bonds is 5. The number of sulfonamides is 1. The highest BCUT2D eigenvalue weighted by atomic mass is 32.2. The lowest BCUT2D eigenvalue weighted by molar-refractivity contribution is -0.120. The Morgan fingerprint density at radius 2 is 1.69 bits per heavy atom. The molecule has 0 bridgehead atoms. The van der Waals surface area contributed by atoms with Crippen molar-refractivity contribution >= 4 is 38.9 Å². The number of para-hydroxylation sites is 1. The molecule has 2 aliphatic heterocycles. The molecule has 0 radical (unpaired) electrons. The van der Waals surface area contributed by atoms with Crippen LogP contribution in [0.2, 0.25) is 0 Å². The zero-order chi connectivity index (χ0) is 22.6. The second-order valence-electron chi connectivity index (χ2n) is 8.38. The molecule has 0 aliphatic carbocycles. The zero-order valence-corrected chi connectivity index (χ0v) is 19.7. The highest BCUT2D eigenvalue weighted by Crippen LogP contribution is 2.28. The Balaban J connectivity index is 1.46. The summed E-state index contributed by atoms with van der Waals surface area (Å²) >= 11 is 1.18. The van der Waals surface area contributed by atoms with Crippen LogP contribution in [0.1, 0.15) is 48.9 Å². The molecule has 9 heteroatoms. The summed E-state index contributed by atoms with van der Waals surface area (Å²) in [7, 11) is -3.59. The van der Waals surface area contributed by atoms with Crippen LogP contribution in [0.3, 0.4) is 0 Å². The minimum absolute atomic E-state index is 0.0617. The maximum Gasteiger partial charge on any atom is 0.255 e. The molecule has 1 unspecified atom stereocenters. The van der Waals surface area contributed by atoms with E-state index in [1.54, 1.807) is 41.8 Å². The van der Waals surface area contributed by atoms with Gasteiger partial charge in [0.2, 0.25) is 5.91 Å². The Morgan fingerprint density at radius 1 is 0.938 bits per heavy atom. The van der Waals surface area contributed by atoms with E-state index in [9.17, 15) is 18.0 Å². The van der Waals surface area contributed by atoms with Gasteiger partial charge in [-0.1, -0.05) is 31.0 Å². The van der Waals surface area contributed by atoms with Gasteiger partial charge < -0.3 is 10.2 Å². The molecule has 2 aromatic rings. The maximum absolute atomic E-state index is 13.1. The molecular formula is C23H29N3O4S2. The fourth-order valence-electron chi connectivity index (χ4n) is 4.37. The van der Waals surface area contributed by atoms with Crippen LogP contribution < -0.4 is 5.32 Å². The largest absolute Gasteiger partial charge is 0.339 e. The number of thiophene rings is 1. The Kier molecular flexibility index (Phi) is 7.27. The van der Waals surface area contributed by atoms with Gasteiger partial charge in [-0.25, -0.2) is 8.42 Å². The van der Waals surface area contributed by atoms with E-state index >= 15 is 0 Å². The summed E-state index contributed by atoms with van der Waals surface area (Å²) in [5.74, 6) is -0.764. The van der Waals surface area contributed by atoms with Crippen molar-refractivity contribution in [3.05, 3.63) is 47.3 Å². The lowest BCUT2D eigenvalue weighted by Crippen LogP contribution is -2.43. The number of nitrogens with zero attached hydrogens (tertiary/aromatic N) is 2. The lowest BCUT2D eigenvalue weighted by Gasteiger charge is -2.31. The summed E-state index contributed by atoms with van der Waals surface area (Å²) in [6.07, 6.45) is 5.50.